The number of benzene rings is 1. The molecule has 0 bridgehead atoms. The van der Waals surface area contributed by atoms with Crippen molar-refractivity contribution >= 4 is 39.7 Å². The Morgan fingerprint density at radius 2 is 2.21 bits per heavy atom. The van der Waals surface area contributed by atoms with Crippen molar-refractivity contribution in [3.8, 4) is 5.75 Å². The topological polar surface area (TPSA) is 64.3 Å². The zero-order valence-electron chi connectivity index (χ0n) is 10.9. The summed E-state index contributed by atoms with van der Waals surface area (Å²) < 4.78 is 6.29. The second-order valence-electron chi connectivity index (χ2n) is 3.96. The predicted octanol–water partition coefficient (Wildman–Crippen LogP) is 2.33. The molecule has 0 saturated heterocycles. The standard InChI is InChI=1S/C13H16N2O2S.ClH/c1-8-10-7-9(17-2)3-4-11(10)18-12(8)13(16)15-6-5-14;/h3-4,7H,5-6,14H2,1-2H3,(H,15,16);1H. The van der Waals surface area contributed by atoms with Crippen molar-refractivity contribution in [1.82, 2.24) is 5.32 Å². The van der Waals surface area contributed by atoms with E-state index in [1.165, 1.54) is 11.3 Å². The van der Waals surface area contributed by atoms with Gasteiger partial charge in [-0.2, -0.15) is 0 Å². The van der Waals surface area contributed by atoms with Gasteiger partial charge in [0.05, 0.1) is 12.0 Å². The van der Waals surface area contributed by atoms with Crippen molar-refractivity contribution in [3.63, 3.8) is 0 Å². The Morgan fingerprint density at radius 1 is 1.47 bits per heavy atom. The summed E-state index contributed by atoms with van der Waals surface area (Å²) in [5.74, 6) is 0.746. The molecule has 0 spiro atoms. The Bertz CT molecular complexity index is 583. The van der Waals surface area contributed by atoms with Crippen LogP contribution in [-0.2, 0) is 0 Å². The number of amides is 1. The van der Waals surface area contributed by atoms with E-state index in [2.05, 4.69) is 5.32 Å². The molecule has 19 heavy (non-hydrogen) atoms. The number of nitrogens with two attached hydrogens (primary N) is 1. The van der Waals surface area contributed by atoms with Gasteiger partial charge in [-0.1, -0.05) is 0 Å². The second kappa shape index (κ2) is 6.75. The van der Waals surface area contributed by atoms with Crippen molar-refractivity contribution in [2.24, 2.45) is 5.73 Å². The lowest BCUT2D eigenvalue weighted by Gasteiger charge is -2.02. The Labute approximate surface area is 122 Å². The van der Waals surface area contributed by atoms with Gasteiger partial charge in [0.25, 0.3) is 5.91 Å². The van der Waals surface area contributed by atoms with Crippen molar-refractivity contribution in [2.75, 3.05) is 20.2 Å². The molecule has 3 N–H and O–H groups in total. The number of carbonyl (C=O) groups excluding carboxylic acids is 1. The summed E-state index contributed by atoms with van der Waals surface area (Å²) >= 11 is 1.49. The lowest BCUT2D eigenvalue weighted by atomic mass is 10.1. The Morgan fingerprint density at radius 3 is 2.84 bits per heavy atom. The number of ether oxygens (including phenoxy) is 1. The summed E-state index contributed by atoms with van der Waals surface area (Å²) in [6, 6.07) is 5.84. The fourth-order valence-electron chi connectivity index (χ4n) is 1.81. The molecule has 0 aliphatic heterocycles. The van der Waals surface area contributed by atoms with Gasteiger partial charge in [0.1, 0.15) is 5.75 Å². The van der Waals surface area contributed by atoms with E-state index in [0.717, 1.165) is 26.3 Å². The van der Waals surface area contributed by atoms with Crippen molar-refractivity contribution in [3.05, 3.63) is 28.6 Å². The SMILES string of the molecule is COc1ccc2sc(C(=O)NCCN)c(C)c2c1.Cl. The summed E-state index contributed by atoms with van der Waals surface area (Å²) in [5, 5.41) is 3.86. The van der Waals surface area contributed by atoms with Crippen LogP contribution in [0.5, 0.6) is 5.75 Å². The molecule has 2 rings (SSSR count). The van der Waals surface area contributed by atoms with E-state index >= 15 is 0 Å². The Balaban J connectivity index is 0.00000180. The van der Waals surface area contributed by atoms with Crippen LogP contribution in [0.25, 0.3) is 10.1 Å². The normalized spacial score (nSPS) is 10.1. The minimum Gasteiger partial charge on any atom is -0.497 e. The van der Waals surface area contributed by atoms with Crippen LogP contribution >= 0.6 is 23.7 Å². The molecular formula is C13H17ClN2O2S. The number of rotatable bonds is 4. The molecule has 2 aromatic rings. The summed E-state index contributed by atoms with van der Waals surface area (Å²) in [7, 11) is 1.64. The number of thiophene rings is 1. The van der Waals surface area contributed by atoms with Crippen LogP contribution in [0.4, 0.5) is 0 Å². The van der Waals surface area contributed by atoms with Gasteiger partial charge < -0.3 is 15.8 Å². The minimum absolute atomic E-state index is 0. The highest BCUT2D eigenvalue weighted by atomic mass is 35.5. The highest BCUT2D eigenvalue weighted by Crippen LogP contribution is 2.33. The second-order valence-corrected chi connectivity index (χ2v) is 5.02. The zero-order valence-corrected chi connectivity index (χ0v) is 12.5. The van der Waals surface area contributed by atoms with Gasteiger partial charge in [-0.25, -0.2) is 0 Å². The van der Waals surface area contributed by atoms with Gasteiger partial charge in [0.2, 0.25) is 0 Å². The first-order valence-electron chi connectivity index (χ1n) is 5.72. The highest BCUT2D eigenvalue weighted by Gasteiger charge is 2.15. The third kappa shape index (κ3) is 3.18. The van der Waals surface area contributed by atoms with Gasteiger partial charge in [0.15, 0.2) is 0 Å². The quantitative estimate of drug-likeness (QED) is 0.911. The average molecular weight is 301 g/mol. The van der Waals surface area contributed by atoms with Crippen LogP contribution in [0.15, 0.2) is 18.2 Å². The van der Waals surface area contributed by atoms with Gasteiger partial charge >= 0.3 is 0 Å². The van der Waals surface area contributed by atoms with E-state index in [-0.39, 0.29) is 18.3 Å². The smallest absolute Gasteiger partial charge is 0.261 e. The van der Waals surface area contributed by atoms with E-state index in [9.17, 15) is 4.79 Å². The molecule has 1 aromatic carbocycles. The Kier molecular flexibility index (Phi) is 5.60. The number of hydrogen-bond acceptors (Lipinski definition) is 4. The number of carbonyl (C=O) groups is 1. The van der Waals surface area contributed by atoms with Crippen LogP contribution < -0.4 is 15.8 Å². The van der Waals surface area contributed by atoms with Gasteiger partial charge in [0, 0.05) is 17.8 Å². The summed E-state index contributed by atoms with van der Waals surface area (Å²) in [6.45, 7) is 2.90. The van der Waals surface area contributed by atoms with E-state index in [1.54, 1.807) is 7.11 Å². The first-order valence-corrected chi connectivity index (χ1v) is 6.54. The van der Waals surface area contributed by atoms with Gasteiger partial charge in [-0.05, 0) is 36.1 Å². The molecule has 0 saturated carbocycles. The van der Waals surface area contributed by atoms with Crippen LogP contribution in [0.1, 0.15) is 15.2 Å². The van der Waals surface area contributed by atoms with Gasteiger partial charge in [-0.15, -0.1) is 23.7 Å². The highest BCUT2D eigenvalue weighted by molar-refractivity contribution is 7.21. The average Bonchev–Trinajstić information content (AvgIpc) is 2.73. The third-order valence-electron chi connectivity index (χ3n) is 2.78. The number of nitrogens with one attached hydrogen (secondary N) is 1. The lowest BCUT2D eigenvalue weighted by Crippen LogP contribution is -2.28. The summed E-state index contributed by atoms with van der Waals surface area (Å²) in [5.41, 5.74) is 6.37. The molecule has 4 nitrogen and oxygen atoms in total. The fraction of sp³-hybridized carbons (Fsp3) is 0.308. The first kappa shape index (κ1) is 15.8. The molecular weight excluding hydrogens is 284 g/mol. The largest absolute Gasteiger partial charge is 0.497 e. The predicted molar refractivity (Wildman–Crippen MR) is 81.7 cm³/mol. The van der Waals surface area contributed by atoms with Crippen molar-refractivity contribution in [1.29, 1.82) is 0 Å². The monoisotopic (exact) mass is 300 g/mol. The number of halogens is 1. The molecule has 0 radical (unpaired) electrons. The van der Waals surface area contributed by atoms with Crippen LogP contribution in [0, 0.1) is 6.92 Å². The number of fused-ring (bicyclic) bond motifs is 1. The Hall–Kier alpha value is -1.30. The molecule has 6 heteroatoms. The summed E-state index contributed by atoms with van der Waals surface area (Å²) in [6.07, 6.45) is 0. The maximum atomic E-state index is 12.0. The number of hydrogen-bond donors (Lipinski definition) is 2. The molecule has 1 heterocycles. The van der Waals surface area contributed by atoms with E-state index in [0.29, 0.717) is 13.1 Å². The summed E-state index contributed by atoms with van der Waals surface area (Å²) in [4.78, 5) is 12.7. The first-order chi connectivity index (χ1) is 8.67. The van der Waals surface area contributed by atoms with E-state index in [1.807, 2.05) is 25.1 Å². The maximum Gasteiger partial charge on any atom is 0.261 e. The molecule has 0 fully saturated rings. The van der Waals surface area contributed by atoms with E-state index in [4.69, 9.17) is 10.5 Å². The van der Waals surface area contributed by atoms with Crippen LogP contribution in [-0.4, -0.2) is 26.1 Å². The van der Waals surface area contributed by atoms with Gasteiger partial charge in [-0.3, -0.25) is 4.79 Å². The molecule has 0 aliphatic carbocycles. The number of aryl methyl sites for hydroxylation is 1. The third-order valence-corrected chi connectivity index (χ3v) is 4.05. The molecule has 104 valence electrons. The molecule has 1 amide bonds. The van der Waals surface area contributed by atoms with Crippen molar-refractivity contribution < 1.29 is 9.53 Å². The lowest BCUT2D eigenvalue weighted by molar-refractivity contribution is 0.0958. The van der Waals surface area contributed by atoms with Crippen molar-refractivity contribution in [2.45, 2.75) is 6.92 Å². The zero-order chi connectivity index (χ0) is 13.1. The molecule has 0 aliphatic rings. The fourth-order valence-corrected chi connectivity index (χ4v) is 2.92. The van der Waals surface area contributed by atoms with E-state index < -0.39 is 0 Å². The minimum atomic E-state index is -0.0573. The molecule has 0 unspecified atom stereocenters. The van der Waals surface area contributed by atoms with Crippen LogP contribution in [0.2, 0.25) is 0 Å². The van der Waals surface area contributed by atoms with Crippen LogP contribution in [0.3, 0.4) is 0 Å². The maximum absolute atomic E-state index is 12.0. The number of methoxy groups -OCH3 is 1. The molecule has 1 aromatic heterocycles. The molecule has 0 atom stereocenters.